The van der Waals surface area contributed by atoms with Gasteiger partial charge in [0.25, 0.3) is 0 Å². The smallest absolute Gasteiger partial charge is 0.193 e. The molecule has 0 atom stereocenters. The zero-order chi connectivity index (χ0) is 16.7. The summed E-state index contributed by atoms with van der Waals surface area (Å²) >= 11 is 0. The highest BCUT2D eigenvalue weighted by Gasteiger charge is 2.26. The number of aryl methyl sites for hydroxylation is 1. The van der Waals surface area contributed by atoms with Crippen LogP contribution in [0, 0.1) is 5.41 Å². The molecular weight excluding hydrogens is 288 g/mol. The van der Waals surface area contributed by atoms with Gasteiger partial charge in [-0.3, -0.25) is 4.79 Å². The zero-order valence-corrected chi connectivity index (χ0v) is 13.5. The maximum absolute atomic E-state index is 12.3. The van der Waals surface area contributed by atoms with Gasteiger partial charge in [-0.1, -0.05) is 61.5 Å². The van der Waals surface area contributed by atoms with E-state index < -0.39 is 5.41 Å². The molecule has 0 aromatic heterocycles. The van der Waals surface area contributed by atoms with Crippen molar-refractivity contribution in [3.63, 3.8) is 0 Å². The standard InChI is InChI=1S/C20H24O3/c1-2-20(14-21,15-22)13-12-16-8-10-18(11-9-16)19(23)17-6-4-3-5-7-17/h3-11,21-22H,2,12-15H2,1H3. The Morgan fingerprint density at radius 2 is 1.48 bits per heavy atom. The van der Waals surface area contributed by atoms with Gasteiger partial charge in [-0.15, -0.1) is 0 Å². The maximum atomic E-state index is 12.3. The second-order valence-electron chi connectivity index (χ2n) is 6.06. The predicted octanol–water partition coefficient (Wildman–Crippen LogP) is 3.23. The zero-order valence-electron chi connectivity index (χ0n) is 13.5. The number of ketones is 1. The monoisotopic (exact) mass is 312 g/mol. The Morgan fingerprint density at radius 3 is 2.00 bits per heavy atom. The van der Waals surface area contributed by atoms with Crippen LogP contribution in [0.2, 0.25) is 0 Å². The Hall–Kier alpha value is -1.97. The highest BCUT2D eigenvalue weighted by atomic mass is 16.3. The first kappa shape index (κ1) is 17.4. The summed E-state index contributed by atoms with van der Waals surface area (Å²) in [4.78, 5) is 12.3. The molecule has 0 aliphatic heterocycles. The van der Waals surface area contributed by atoms with Gasteiger partial charge in [0.05, 0.1) is 13.2 Å². The van der Waals surface area contributed by atoms with Crippen molar-refractivity contribution in [3.8, 4) is 0 Å². The number of benzene rings is 2. The summed E-state index contributed by atoms with van der Waals surface area (Å²) in [6.45, 7) is 1.96. The second-order valence-corrected chi connectivity index (χ2v) is 6.06. The van der Waals surface area contributed by atoms with E-state index >= 15 is 0 Å². The van der Waals surface area contributed by atoms with Crippen molar-refractivity contribution in [2.45, 2.75) is 26.2 Å². The molecule has 0 bridgehead atoms. The summed E-state index contributed by atoms with van der Waals surface area (Å²) in [5.74, 6) is 0.0192. The first-order valence-electron chi connectivity index (χ1n) is 8.04. The van der Waals surface area contributed by atoms with E-state index in [9.17, 15) is 15.0 Å². The van der Waals surface area contributed by atoms with E-state index in [4.69, 9.17) is 0 Å². The molecule has 23 heavy (non-hydrogen) atoms. The molecule has 0 fully saturated rings. The lowest BCUT2D eigenvalue weighted by Crippen LogP contribution is -2.29. The van der Waals surface area contributed by atoms with Gasteiger partial charge in [0.2, 0.25) is 0 Å². The molecule has 0 saturated heterocycles. The summed E-state index contributed by atoms with van der Waals surface area (Å²) in [6.07, 6.45) is 2.24. The van der Waals surface area contributed by atoms with Crippen molar-refractivity contribution in [2.24, 2.45) is 5.41 Å². The number of rotatable bonds is 8. The first-order chi connectivity index (χ1) is 11.1. The lowest BCUT2D eigenvalue weighted by Gasteiger charge is -2.28. The second kappa shape index (κ2) is 8.04. The average molecular weight is 312 g/mol. The number of carbonyl (C=O) groups is 1. The van der Waals surface area contributed by atoms with Gasteiger partial charge in [-0.05, 0) is 24.8 Å². The van der Waals surface area contributed by atoms with Crippen LogP contribution in [0.4, 0.5) is 0 Å². The van der Waals surface area contributed by atoms with E-state index in [1.807, 2.05) is 61.5 Å². The molecule has 0 aliphatic rings. The average Bonchev–Trinajstić information content (AvgIpc) is 2.64. The number of aliphatic hydroxyl groups is 2. The fourth-order valence-electron chi connectivity index (χ4n) is 2.60. The molecule has 0 amide bonds. The van der Waals surface area contributed by atoms with Crippen LogP contribution >= 0.6 is 0 Å². The molecule has 122 valence electrons. The van der Waals surface area contributed by atoms with E-state index in [0.717, 1.165) is 24.8 Å². The fourth-order valence-corrected chi connectivity index (χ4v) is 2.60. The molecule has 0 unspecified atom stereocenters. The third kappa shape index (κ3) is 4.27. The van der Waals surface area contributed by atoms with Crippen LogP contribution in [0.3, 0.4) is 0 Å². The summed E-state index contributed by atoms with van der Waals surface area (Å²) in [7, 11) is 0. The van der Waals surface area contributed by atoms with E-state index in [1.54, 1.807) is 0 Å². The topological polar surface area (TPSA) is 57.5 Å². The van der Waals surface area contributed by atoms with Crippen molar-refractivity contribution < 1.29 is 15.0 Å². The molecule has 0 saturated carbocycles. The van der Waals surface area contributed by atoms with Crippen LogP contribution in [0.25, 0.3) is 0 Å². The van der Waals surface area contributed by atoms with Crippen LogP contribution in [-0.4, -0.2) is 29.2 Å². The first-order valence-corrected chi connectivity index (χ1v) is 8.04. The SMILES string of the molecule is CCC(CO)(CO)CCc1ccc(C(=O)c2ccccc2)cc1. The molecular formula is C20H24O3. The number of carbonyl (C=O) groups excluding carboxylic acids is 1. The Kier molecular flexibility index (Phi) is 6.08. The van der Waals surface area contributed by atoms with Gasteiger partial charge in [0.1, 0.15) is 0 Å². The van der Waals surface area contributed by atoms with Crippen molar-refractivity contribution in [1.29, 1.82) is 0 Å². The Labute approximate surface area is 137 Å². The molecule has 3 heteroatoms. The van der Waals surface area contributed by atoms with E-state index in [2.05, 4.69) is 0 Å². The number of hydrogen-bond donors (Lipinski definition) is 2. The molecule has 2 aromatic carbocycles. The fraction of sp³-hybridized carbons (Fsp3) is 0.350. The summed E-state index contributed by atoms with van der Waals surface area (Å²) in [5.41, 5.74) is 2.05. The van der Waals surface area contributed by atoms with Gasteiger partial charge in [-0.2, -0.15) is 0 Å². The molecule has 2 aromatic rings. The third-order valence-corrected chi connectivity index (χ3v) is 4.62. The molecule has 0 radical (unpaired) electrons. The largest absolute Gasteiger partial charge is 0.396 e. The predicted molar refractivity (Wildman–Crippen MR) is 91.5 cm³/mol. The van der Waals surface area contributed by atoms with Crippen LogP contribution in [0.5, 0.6) is 0 Å². The van der Waals surface area contributed by atoms with Gasteiger partial charge in [-0.25, -0.2) is 0 Å². The minimum atomic E-state index is -0.418. The highest BCUT2D eigenvalue weighted by Crippen LogP contribution is 2.27. The summed E-state index contributed by atoms with van der Waals surface area (Å²) < 4.78 is 0. The minimum absolute atomic E-state index is 0.00935. The Morgan fingerprint density at radius 1 is 0.913 bits per heavy atom. The lowest BCUT2D eigenvalue weighted by molar-refractivity contribution is 0.0441. The minimum Gasteiger partial charge on any atom is -0.396 e. The lowest BCUT2D eigenvalue weighted by atomic mass is 9.81. The molecule has 3 nitrogen and oxygen atoms in total. The molecule has 2 N–H and O–H groups in total. The number of aliphatic hydroxyl groups excluding tert-OH is 2. The highest BCUT2D eigenvalue weighted by molar-refractivity contribution is 6.08. The summed E-state index contributed by atoms with van der Waals surface area (Å²) in [5, 5.41) is 19.0. The molecule has 0 heterocycles. The quantitative estimate of drug-likeness (QED) is 0.736. The van der Waals surface area contributed by atoms with Gasteiger partial charge >= 0.3 is 0 Å². The Balaban J connectivity index is 2.04. The van der Waals surface area contributed by atoms with Crippen molar-refractivity contribution in [3.05, 3.63) is 71.3 Å². The van der Waals surface area contributed by atoms with Gasteiger partial charge < -0.3 is 10.2 Å². The Bertz CT molecular complexity index is 605. The normalized spacial score (nSPS) is 11.4. The van der Waals surface area contributed by atoms with E-state index in [0.29, 0.717) is 11.1 Å². The van der Waals surface area contributed by atoms with Crippen molar-refractivity contribution in [1.82, 2.24) is 0 Å². The van der Waals surface area contributed by atoms with Crippen molar-refractivity contribution >= 4 is 5.78 Å². The van der Waals surface area contributed by atoms with Gasteiger partial charge in [0, 0.05) is 16.5 Å². The van der Waals surface area contributed by atoms with E-state index in [-0.39, 0.29) is 19.0 Å². The van der Waals surface area contributed by atoms with Crippen LogP contribution in [0.1, 0.15) is 41.3 Å². The van der Waals surface area contributed by atoms with Crippen molar-refractivity contribution in [2.75, 3.05) is 13.2 Å². The number of hydrogen-bond acceptors (Lipinski definition) is 3. The maximum Gasteiger partial charge on any atom is 0.193 e. The van der Waals surface area contributed by atoms with Crippen LogP contribution in [-0.2, 0) is 6.42 Å². The molecule has 0 spiro atoms. The molecule has 0 aliphatic carbocycles. The molecule has 2 rings (SSSR count). The van der Waals surface area contributed by atoms with Crippen LogP contribution in [0.15, 0.2) is 54.6 Å². The van der Waals surface area contributed by atoms with Crippen LogP contribution < -0.4 is 0 Å². The van der Waals surface area contributed by atoms with Gasteiger partial charge in [0.15, 0.2) is 5.78 Å². The van der Waals surface area contributed by atoms with E-state index in [1.165, 1.54) is 0 Å². The third-order valence-electron chi connectivity index (χ3n) is 4.62. The summed E-state index contributed by atoms with van der Waals surface area (Å²) in [6, 6.07) is 16.8.